The first kappa shape index (κ1) is 11.3. The molecule has 2 saturated heterocycles. The molecule has 1 spiro atoms. The van der Waals surface area contributed by atoms with Gasteiger partial charge in [0.25, 0.3) is 0 Å². The summed E-state index contributed by atoms with van der Waals surface area (Å²) in [6, 6.07) is 0. The Hall–Kier alpha value is -1.14. The van der Waals surface area contributed by atoms with Gasteiger partial charge in [0.15, 0.2) is 5.54 Å². The van der Waals surface area contributed by atoms with Gasteiger partial charge in [0.1, 0.15) is 0 Å². The third kappa shape index (κ3) is 1.68. The van der Waals surface area contributed by atoms with E-state index in [4.69, 9.17) is 4.74 Å². The molecule has 6 heteroatoms. The number of hydrogen-bond acceptors (Lipinski definition) is 4. The first-order chi connectivity index (χ1) is 7.56. The minimum absolute atomic E-state index is 0.0506. The number of rotatable bonds is 2. The zero-order valence-electron chi connectivity index (χ0n) is 9.23. The van der Waals surface area contributed by atoms with Gasteiger partial charge >= 0.3 is 0 Å². The summed E-state index contributed by atoms with van der Waals surface area (Å²) in [4.78, 5) is 25.0. The van der Waals surface area contributed by atoms with Crippen LogP contribution in [0.15, 0.2) is 0 Å². The van der Waals surface area contributed by atoms with Crippen LogP contribution < -0.4 is 5.32 Å². The van der Waals surface area contributed by atoms with E-state index in [9.17, 15) is 14.7 Å². The number of carbonyl (C=O) groups is 2. The molecule has 0 aromatic heterocycles. The Morgan fingerprint density at radius 2 is 2.50 bits per heavy atom. The number of morpholine rings is 1. The molecule has 90 valence electrons. The fourth-order valence-electron chi connectivity index (χ4n) is 2.11. The molecule has 2 rings (SSSR count). The average molecular weight is 228 g/mol. The first-order valence-corrected chi connectivity index (χ1v) is 5.41. The molecule has 0 aliphatic carbocycles. The van der Waals surface area contributed by atoms with Gasteiger partial charge in [-0.05, 0) is 6.92 Å². The Kier molecular flexibility index (Phi) is 2.86. The molecule has 16 heavy (non-hydrogen) atoms. The van der Waals surface area contributed by atoms with Gasteiger partial charge in [-0.3, -0.25) is 9.59 Å². The molecule has 2 amide bonds. The summed E-state index contributed by atoms with van der Waals surface area (Å²) in [5.74, 6) is -0.348. The van der Waals surface area contributed by atoms with E-state index in [1.165, 1.54) is 0 Å². The zero-order chi connectivity index (χ0) is 11.8. The quantitative estimate of drug-likeness (QED) is 0.563. The van der Waals surface area contributed by atoms with Gasteiger partial charge in [-0.15, -0.1) is 0 Å². The molecule has 0 aromatic carbocycles. The Morgan fingerprint density at radius 3 is 3.00 bits per heavy atom. The number of aliphatic hydroxyl groups is 1. The lowest BCUT2D eigenvalue weighted by Gasteiger charge is -2.50. The highest BCUT2D eigenvalue weighted by Gasteiger charge is 2.54. The molecule has 6 nitrogen and oxygen atoms in total. The summed E-state index contributed by atoms with van der Waals surface area (Å²) in [6.45, 7) is 3.12. The van der Waals surface area contributed by atoms with Crippen LogP contribution >= 0.6 is 0 Å². The standard InChI is InChI=1S/C10H16N2O4/c1-7(13)4-8(14)12-2-3-16-6-10(12)5-11-9(10)15/h7,13H,2-6H2,1H3,(H,11,15)/t7-,10?/m1/s1. The molecule has 0 bridgehead atoms. The van der Waals surface area contributed by atoms with Crippen molar-refractivity contribution >= 4 is 11.8 Å². The predicted molar refractivity (Wildman–Crippen MR) is 54.6 cm³/mol. The third-order valence-corrected chi connectivity index (χ3v) is 3.05. The fourth-order valence-corrected chi connectivity index (χ4v) is 2.11. The second kappa shape index (κ2) is 4.03. The second-order valence-electron chi connectivity index (χ2n) is 4.37. The van der Waals surface area contributed by atoms with Crippen molar-refractivity contribution in [3.05, 3.63) is 0 Å². The smallest absolute Gasteiger partial charge is 0.250 e. The highest BCUT2D eigenvalue weighted by atomic mass is 16.5. The lowest BCUT2D eigenvalue weighted by Crippen LogP contribution is -2.78. The lowest BCUT2D eigenvalue weighted by molar-refractivity contribution is -0.171. The molecule has 2 atom stereocenters. The van der Waals surface area contributed by atoms with Crippen LogP contribution in [0.3, 0.4) is 0 Å². The van der Waals surface area contributed by atoms with Gasteiger partial charge in [-0.2, -0.15) is 0 Å². The fraction of sp³-hybridized carbons (Fsp3) is 0.800. The third-order valence-electron chi connectivity index (χ3n) is 3.05. The highest BCUT2D eigenvalue weighted by Crippen LogP contribution is 2.26. The van der Waals surface area contributed by atoms with E-state index in [1.807, 2.05) is 0 Å². The Labute approximate surface area is 93.6 Å². The van der Waals surface area contributed by atoms with Crippen LogP contribution in [0.1, 0.15) is 13.3 Å². The van der Waals surface area contributed by atoms with Crippen molar-refractivity contribution in [2.24, 2.45) is 0 Å². The number of carbonyl (C=O) groups excluding carboxylic acids is 2. The van der Waals surface area contributed by atoms with Crippen molar-refractivity contribution in [1.29, 1.82) is 0 Å². The number of hydrogen-bond donors (Lipinski definition) is 2. The lowest BCUT2D eigenvalue weighted by atomic mass is 9.88. The van der Waals surface area contributed by atoms with E-state index >= 15 is 0 Å². The van der Waals surface area contributed by atoms with E-state index in [-0.39, 0.29) is 24.8 Å². The Bertz CT molecular complexity index is 318. The molecule has 2 aliphatic rings. The summed E-state index contributed by atoms with van der Waals surface area (Å²) in [5, 5.41) is 11.8. The van der Waals surface area contributed by atoms with Crippen LogP contribution in [-0.2, 0) is 14.3 Å². The monoisotopic (exact) mass is 228 g/mol. The van der Waals surface area contributed by atoms with Gasteiger partial charge in [-0.1, -0.05) is 0 Å². The van der Waals surface area contributed by atoms with Crippen molar-refractivity contribution in [2.45, 2.75) is 25.0 Å². The number of amides is 2. The van der Waals surface area contributed by atoms with Gasteiger partial charge in [0.05, 0.1) is 32.3 Å². The molecule has 0 radical (unpaired) electrons. The number of aliphatic hydroxyl groups excluding tert-OH is 1. The summed E-state index contributed by atoms with van der Waals surface area (Å²) in [7, 11) is 0. The molecule has 2 aliphatic heterocycles. The minimum atomic E-state index is -0.815. The molecule has 2 fully saturated rings. The maximum atomic E-state index is 11.9. The van der Waals surface area contributed by atoms with E-state index in [0.29, 0.717) is 19.7 Å². The molecule has 2 N–H and O–H groups in total. The van der Waals surface area contributed by atoms with Crippen molar-refractivity contribution < 1.29 is 19.4 Å². The van der Waals surface area contributed by atoms with Crippen LogP contribution in [0.4, 0.5) is 0 Å². The van der Waals surface area contributed by atoms with E-state index in [1.54, 1.807) is 11.8 Å². The maximum Gasteiger partial charge on any atom is 0.250 e. The molecular weight excluding hydrogens is 212 g/mol. The van der Waals surface area contributed by atoms with E-state index < -0.39 is 11.6 Å². The molecular formula is C10H16N2O4. The van der Waals surface area contributed by atoms with Gasteiger partial charge in [0.2, 0.25) is 11.8 Å². The largest absolute Gasteiger partial charge is 0.393 e. The van der Waals surface area contributed by atoms with Crippen LogP contribution in [0, 0.1) is 0 Å². The average Bonchev–Trinajstić information content (AvgIpc) is 2.26. The Balaban J connectivity index is 2.11. The topological polar surface area (TPSA) is 78.9 Å². The normalized spacial score (nSPS) is 30.9. The van der Waals surface area contributed by atoms with Gasteiger partial charge in [0, 0.05) is 6.54 Å². The molecule has 0 saturated carbocycles. The first-order valence-electron chi connectivity index (χ1n) is 5.41. The highest BCUT2D eigenvalue weighted by molar-refractivity contribution is 5.97. The predicted octanol–water partition coefficient (Wildman–Crippen LogP) is -1.52. The van der Waals surface area contributed by atoms with E-state index in [2.05, 4.69) is 5.32 Å². The summed E-state index contributed by atoms with van der Waals surface area (Å²) < 4.78 is 5.27. The van der Waals surface area contributed by atoms with Gasteiger partial charge < -0.3 is 20.1 Å². The van der Waals surface area contributed by atoms with Crippen molar-refractivity contribution in [2.75, 3.05) is 26.3 Å². The van der Waals surface area contributed by atoms with Crippen LogP contribution in [0.25, 0.3) is 0 Å². The second-order valence-corrected chi connectivity index (χ2v) is 4.37. The summed E-state index contributed by atoms with van der Waals surface area (Å²) in [6.07, 6.45) is -0.634. The van der Waals surface area contributed by atoms with Crippen molar-refractivity contribution in [1.82, 2.24) is 10.2 Å². The molecule has 1 unspecified atom stereocenters. The number of ether oxygens (including phenoxy) is 1. The minimum Gasteiger partial charge on any atom is -0.393 e. The number of β-lactam (4-membered cyclic amide) rings is 1. The summed E-state index contributed by atoms with van der Waals surface area (Å²) >= 11 is 0. The Morgan fingerprint density at radius 1 is 1.75 bits per heavy atom. The van der Waals surface area contributed by atoms with Crippen LogP contribution in [0.2, 0.25) is 0 Å². The number of nitrogens with zero attached hydrogens (tertiary/aromatic N) is 1. The van der Waals surface area contributed by atoms with Crippen LogP contribution in [-0.4, -0.2) is 59.8 Å². The van der Waals surface area contributed by atoms with E-state index in [0.717, 1.165) is 0 Å². The maximum absolute atomic E-state index is 11.9. The van der Waals surface area contributed by atoms with Crippen molar-refractivity contribution in [3.63, 3.8) is 0 Å². The number of nitrogens with one attached hydrogen (secondary N) is 1. The van der Waals surface area contributed by atoms with Gasteiger partial charge in [-0.25, -0.2) is 0 Å². The molecule has 0 aromatic rings. The molecule has 2 heterocycles. The van der Waals surface area contributed by atoms with Crippen molar-refractivity contribution in [3.8, 4) is 0 Å². The zero-order valence-corrected chi connectivity index (χ0v) is 9.23. The van der Waals surface area contributed by atoms with Crippen LogP contribution in [0.5, 0.6) is 0 Å². The SMILES string of the molecule is C[C@@H](O)CC(=O)N1CCOCC12CNC2=O. The summed E-state index contributed by atoms with van der Waals surface area (Å²) in [5.41, 5.74) is -0.815.